The van der Waals surface area contributed by atoms with Gasteiger partial charge in [-0.15, -0.1) is 0 Å². The number of hydrogen-bond acceptors (Lipinski definition) is 5. The number of carbonyl (C=O) groups is 3. The molecule has 0 bridgehead atoms. The number of para-hydroxylation sites is 1. The highest BCUT2D eigenvalue weighted by Gasteiger charge is 2.13. The van der Waals surface area contributed by atoms with E-state index in [2.05, 4.69) is 10.6 Å². The number of nitrogens with one attached hydrogen (secondary N) is 2. The molecule has 0 unspecified atom stereocenters. The zero-order valence-electron chi connectivity index (χ0n) is 14.6. The maximum absolute atomic E-state index is 12.1. The minimum Gasteiger partial charge on any atom is -0.496 e. The van der Waals surface area contributed by atoms with Crippen LogP contribution in [0.4, 0.5) is 5.69 Å². The molecule has 2 amide bonds. The van der Waals surface area contributed by atoms with E-state index in [-0.39, 0.29) is 6.54 Å². The van der Waals surface area contributed by atoms with Crippen LogP contribution in [0.1, 0.15) is 27.6 Å². The molecule has 136 valence electrons. The predicted octanol–water partition coefficient (Wildman–Crippen LogP) is 2.24. The number of anilines is 1. The first-order chi connectivity index (χ1) is 12.5. The monoisotopic (exact) mass is 356 g/mol. The lowest BCUT2D eigenvalue weighted by molar-refractivity contribution is -0.115. The molecule has 0 fully saturated rings. The standard InChI is InChI=1S/C19H20N2O5/c1-3-26-19(24)13-8-10-14(11-9-13)21-17(22)12-20-18(23)15-6-4-5-7-16(15)25-2/h4-11H,3,12H2,1-2H3,(H,20,23)(H,21,22). The molecule has 0 saturated heterocycles. The Bertz CT molecular complexity index is 787. The molecule has 2 rings (SSSR count). The molecule has 2 N–H and O–H groups in total. The molecule has 0 spiro atoms. The number of amides is 2. The summed E-state index contributed by atoms with van der Waals surface area (Å²) in [6.07, 6.45) is 0. The van der Waals surface area contributed by atoms with Gasteiger partial charge in [0, 0.05) is 5.69 Å². The van der Waals surface area contributed by atoms with Crippen molar-refractivity contribution in [1.29, 1.82) is 0 Å². The molecular weight excluding hydrogens is 336 g/mol. The van der Waals surface area contributed by atoms with Gasteiger partial charge in [0.1, 0.15) is 5.75 Å². The number of carbonyl (C=O) groups excluding carboxylic acids is 3. The fourth-order valence-corrected chi connectivity index (χ4v) is 2.20. The zero-order valence-corrected chi connectivity index (χ0v) is 14.6. The lowest BCUT2D eigenvalue weighted by Crippen LogP contribution is -2.33. The molecule has 7 nitrogen and oxygen atoms in total. The Labute approximate surface area is 151 Å². The van der Waals surface area contributed by atoms with E-state index >= 15 is 0 Å². The third kappa shape index (κ3) is 5.07. The van der Waals surface area contributed by atoms with Crippen molar-refractivity contribution in [2.45, 2.75) is 6.92 Å². The van der Waals surface area contributed by atoms with E-state index in [1.807, 2.05) is 0 Å². The molecule has 0 aliphatic rings. The van der Waals surface area contributed by atoms with Crippen molar-refractivity contribution in [3.05, 3.63) is 59.7 Å². The van der Waals surface area contributed by atoms with Crippen LogP contribution in [0.5, 0.6) is 5.75 Å². The zero-order chi connectivity index (χ0) is 18.9. The SMILES string of the molecule is CCOC(=O)c1ccc(NC(=O)CNC(=O)c2ccccc2OC)cc1. The average molecular weight is 356 g/mol. The quantitative estimate of drug-likeness (QED) is 0.742. The van der Waals surface area contributed by atoms with Gasteiger partial charge in [0.05, 0.1) is 31.4 Å². The van der Waals surface area contributed by atoms with Gasteiger partial charge in [0.25, 0.3) is 5.91 Å². The highest BCUT2D eigenvalue weighted by molar-refractivity contribution is 6.01. The molecule has 0 heterocycles. The summed E-state index contributed by atoms with van der Waals surface area (Å²) in [6, 6.07) is 13.0. The van der Waals surface area contributed by atoms with E-state index in [1.54, 1.807) is 55.5 Å². The number of benzene rings is 2. The average Bonchev–Trinajstić information content (AvgIpc) is 2.66. The molecule has 0 aliphatic heterocycles. The highest BCUT2D eigenvalue weighted by Crippen LogP contribution is 2.16. The van der Waals surface area contributed by atoms with Gasteiger partial charge in [-0.05, 0) is 43.3 Å². The van der Waals surface area contributed by atoms with Crippen molar-refractivity contribution in [2.24, 2.45) is 0 Å². The molecule has 0 atom stereocenters. The number of esters is 1. The van der Waals surface area contributed by atoms with Gasteiger partial charge >= 0.3 is 5.97 Å². The normalized spacial score (nSPS) is 9.92. The molecule has 0 saturated carbocycles. The second kappa shape index (κ2) is 9.22. The van der Waals surface area contributed by atoms with Crippen LogP contribution in [-0.4, -0.2) is 38.0 Å². The molecule has 0 radical (unpaired) electrons. The van der Waals surface area contributed by atoms with Crippen molar-refractivity contribution in [1.82, 2.24) is 5.32 Å². The summed E-state index contributed by atoms with van der Waals surface area (Å²) >= 11 is 0. The van der Waals surface area contributed by atoms with Gasteiger partial charge in [0.15, 0.2) is 0 Å². The van der Waals surface area contributed by atoms with Crippen molar-refractivity contribution >= 4 is 23.5 Å². The van der Waals surface area contributed by atoms with Crippen LogP contribution in [0.2, 0.25) is 0 Å². The van der Waals surface area contributed by atoms with Crippen molar-refractivity contribution in [3.63, 3.8) is 0 Å². The van der Waals surface area contributed by atoms with Crippen LogP contribution >= 0.6 is 0 Å². The summed E-state index contributed by atoms with van der Waals surface area (Å²) in [5, 5.41) is 5.17. The van der Waals surface area contributed by atoms with E-state index in [9.17, 15) is 14.4 Å². The van der Waals surface area contributed by atoms with E-state index < -0.39 is 17.8 Å². The van der Waals surface area contributed by atoms with Crippen LogP contribution in [0.15, 0.2) is 48.5 Å². The first kappa shape index (κ1) is 19.0. The largest absolute Gasteiger partial charge is 0.496 e. The Hall–Kier alpha value is -3.35. The third-order valence-corrected chi connectivity index (χ3v) is 3.44. The Morgan fingerprint density at radius 3 is 2.35 bits per heavy atom. The molecule has 26 heavy (non-hydrogen) atoms. The predicted molar refractivity (Wildman–Crippen MR) is 96.4 cm³/mol. The highest BCUT2D eigenvalue weighted by atomic mass is 16.5. The fraction of sp³-hybridized carbons (Fsp3) is 0.211. The van der Waals surface area contributed by atoms with Gasteiger partial charge < -0.3 is 20.1 Å². The third-order valence-electron chi connectivity index (χ3n) is 3.44. The number of methoxy groups -OCH3 is 1. The summed E-state index contributed by atoms with van der Waals surface area (Å²) in [5.74, 6) is -0.790. The topological polar surface area (TPSA) is 93.7 Å². The van der Waals surface area contributed by atoms with Crippen LogP contribution in [0, 0.1) is 0 Å². The smallest absolute Gasteiger partial charge is 0.338 e. The molecule has 7 heteroatoms. The van der Waals surface area contributed by atoms with Gasteiger partial charge in [-0.2, -0.15) is 0 Å². The van der Waals surface area contributed by atoms with E-state index in [1.165, 1.54) is 7.11 Å². The molecule has 2 aromatic rings. The maximum atomic E-state index is 12.1. The molecule has 0 aromatic heterocycles. The Morgan fingerprint density at radius 2 is 1.69 bits per heavy atom. The minimum atomic E-state index is -0.422. The number of hydrogen-bond donors (Lipinski definition) is 2. The Kier molecular flexibility index (Phi) is 6.73. The van der Waals surface area contributed by atoms with Crippen molar-refractivity contribution in [2.75, 3.05) is 25.6 Å². The summed E-state index contributed by atoms with van der Waals surface area (Å²) in [5.41, 5.74) is 1.26. The lowest BCUT2D eigenvalue weighted by atomic mass is 10.2. The van der Waals surface area contributed by atoms with Crippen LogP contribution < -0.4 is 15.4 Å². The van der Waals surface area contributed by atoms with Crippen LogP contribution in [0.3, 0.4) is 0 Å². The van der Waals surface area contributed by atoms with E-state index in [4.69, 9.17) is 9.47 Å². The number of rotatable bonds is 7. The minimum absolute atomic E-state index is 0.198. The second-order valence-corrected chi connectivity index (χ2v) is 5.23. The van der Waals surface area contributed by atoms with E-state index in [0.29, 0.717) is 29.2 Å². The van der Waals surface area contributed by atoms with E-state index in [0.717, 1.165) is 0 Å². The van der Waals surface area contributed by atoms with Gasteiger partial charge in [-0.3, -0.25) is 9.59 Å². The first-order valence-electron chi connectivity index (χ1n) is 8.03. The van der Waals surface area contributed by atoms with Gasteiger partial charge in [-0.25, -0.2) is 4.79 Å². The van der Waals surface area contributed by atoms with Crippen LogP contribution in [-0.2, 0) is 9.53 Å². The van der Waals surface area contributed by atoms with Crippen molar-refractivity contribution in [3.8, 4) is 5.75 Å². The van der Waals surface area contributed by atoms with Crippen molar-refractivity contribution < 1.29 is 23.9 Å². The summed E-state index contributed by atoms with van der Waals surface area (Å²) < 4.78 is 10.0. The summed E-state index contributed by atoms with van der Waals surface area (Å²) in [4.78, 5) is 35.7. The van der Waals surface area contributed by atoms with Gasteiger partial charge in [-0.1, -0.05) is 12.1 Å². The van der Waals surface area contributed by atoms with Gasteiger partial charge in [0.2, 0.25) is 5.91 Å². The number of ether oxygens (including phenoxy) is 2. The Morgan fingerprint density at radius 1 is 1.00 bits per heavy atom. The Balaban J connectivity index is 1.88. The summed E-state index contributed by atoms with van der Waals surface area (Å²) in [6.45, 7) is 1.82. The fourth-order valence-electron chi connectivity index (χ4n) is 2.20. The molecular formula is C19H20N2O5. The summed E-state index contributed by atoms with van der Waals surface area (Å²) in [7, 11) is 1.47. The molecule has 0 aliphatic carbocycles. The second-order valence-electron chi connectivity index (χ2n) is 5.23. The lowest BCUT2D eigenvalue weighted by Gasteiger charge is -2.10. The maximum Gasteiger partial charge on any atom is 0.338 e. The van der Waals surface area contributed by atoms with Crippen LogP contribution in [0.25, 0.3) is 0 Å². The first-order valence-corrected chi connectivity index (χ1v) is 8.03. The molecule has 2 aromatic carbocycles.